The summed E-state index contributed by atoms with van der Waals surface area (Å²) >= 11 is 12.0. The summed E-state index contributed by atoms with van der Waals surface area (Å²) < 4.78 is 0. The van der Waals surface area contributed by atoms with Gasteiger partial charge >= 0.3 is 5.97 Å². The lowest BCUT2D eigenvalue weighted by Crippen LogP contribution is -2.31. The fourth-order valence-corrected chi connectivity index (χ4v) is 2.99. The zero-order valence-corrected chi connectivity index (χ0v) is 12.2. The average Bonchev–Trinajstić information content (AvgIpc) is 2.43. The number of carbonyl (C=O) groups is 2. The molecule has 0 radical (unpaired) electrons. The summed E-state index contributed by atoms with van der Waals surface area (Å²) in [6.45, 7) is 0. The SMILES string of the molecule is O=C(O)C1CCCC(C(=O)Nc2c(Cl)cccc2Cl)C1. The Morgan fingerprint density at radius 2 is 1.75 bits per heavy atom. The number of rotatable bonds is 3. The van der Waals surface area contributed by atoms with Gasteiger partial charge in [-0.3, -0.25) is 9.59 Å². The minimum atomic E-state index is -0.835. The van der Waals surface area contributed by atoms with Crippen LogP contribution in [0.3, 0.4) is 0 Å². The van der Waals surface area contributed by atoms with E-state index < -0.39 is 11.9 Å². The van der Waals surface area contributed by atoms with E-state index in [4.69, 9.17) is 28.3 Å². The largest absolute Gasteiger partial charge is 0.481 e. The molecule has 1 aromatic rings. The van der Waals surface area contributed by atoms with Gasteiger partial charge in [0.2, 0.25) is 5.91 Å². The lowest BCUT2D eigenvalue weighted by molar-refractivity contribution is -0.143. The van der Waals surface area contributed by atoms with Gasteiger partial charge in [-0.05, 0) is 31.4 Å². The van der Waals surface area contributed by atoms with Gasteiger partial charge in [0.05, 0.1) is 21.7 Å². The highest BCUT2D eigenvalue weighted by Gasteiger charge is 2.31. The fourth-order valence-electron chi connectivity index (χ4n) is 2.49. The van der Waals surface area contributed by atoms with Crippen molar-refractivity contribution in [3.63, 3.8) is 0 Å². The molecule has 2 rings (SSSR count). The smallest absolute Gasteiger partial charge is 0.306 e. The number of halogens is 2. The number of nitrogens with one attached hydrogen (secondary N) is 1. The summed E-state index contributed by atoms with van der Waals surface area (Å²) in [5.41, 5.74) is 0.387. The number of carbonyl (C=O) groups excluding carboxylic acids is 1. The summed E-state index contributed by atoms with van der Waals surface area (Å²) in [7, 11) is 0. The second-order valence-electron chi connectivity index (χ2n) is 4.98. The minimum absolute atomic E-state index is 0.217. The van der Waals surface area contributed by atoms with Crippen LogP contribution in [0.25, 0.3) is 0 Å². The van der Waals surface area contributed by atoms with Gasteiger partial charge in [0, 0.05) is 5.92 Å². The summed E-state index contributed by atoms with van der Waals surface area (Å²) in [4.78, 5) is 23.2. The number of para-hydroxylation sites is 1. The molecule has 0 saturated heterocycles. The van der Waals surface area contributed by atoms with Gasteiger partial charge in [0.25, 0.3) is 0 Å². The predicted octanol–water partition coefficient (Wildman–Crippen LogP) is 3.82. The molecular formula is C14H15Cl2NO3. The Hall–Kier alpha value is -1.26. The molecule has 1 aliphatic rings. The maximum Gasteiger partial charge on any atom is 0.306 e. The maximum absolute atomic E-state index is 12.2. The van der Waals surface area contributed by atoms with E-state index in [1.165, 1.54) is 0 Å². The summed E-state index contributed by atoms with van der Waals surface area (Å²) in [6.07, 6.45) is 2.43. The van der Waals surface area contributed by atoms with Crippen molar-refractivity contribution in [1.82, 2.24) is 0 Å². The molecule has 0 bridgehead atoms. The van der Waals surface area contributed by atoms with Crippen LogP contribution in [0.5, 0.6) is 0 Å². The molecule has 0 heterocycles. The molecule has 1 aromatic carbocycles. The molecule has 6 heteroatoms. The molecule has 20 heavy (non-hydrogen) atoms. The number of anilines is 1. The molecule has 4 nitrogen and oxygen atoms in total. The minimum Gasteiger partial charge on any atom is -0.481 e. The third kappa shape index (κ3) is 3.44. The van der Waals surface area contributed by atoms with Crippen molar-refractivity contribution < 1.29 is 14.7 Å². The Bertz CT molecular complexity index is 513. The van der Waals surface area contributed by atoms with E-state index in [2.05, 4.69) is 5.32 Å². The Kier molecular flexibility index (Phi) is 4.89. The quantitative estimate of drug-likeness (QED) is 0.891. The monoisotopic (exact) mass is 315 g/mol. The highest BCUT2D eigenvalue weighted by atomic mass is 35.5. The van der Waals surface area contributed by atoms with E-state index in [1.807, 2.05) is 0 Å². The van der Waals surface area contributed by atoms with Crippen molar-refractivity contribution >= 4 is 40.8 Å². The van der Waals surface area contributed by atoms with Crippen LogP contribution in [0.1, 0.15) is 25.7 Å². The number of hydrogen-bond donors (Lipinski definition) is 2. The van der Waals surface area contributed by atoms with Crippen molar-refractivity contribution in [2.24, 2.45) is 11.8 Å². The van der Waals surface area contributed by atoms with E-state index in [-0.39, 0.29) is 11.8 Å². The van der Waals surface area contributed by atoms with Crippen LogP contribution in [0.2, 0.25) is 10.0 Å². The Labute approximate surface area is 127 Å². The van der Waals surface area contributed by atoms with Gasteiger partial charge in [-0.1, -0.05) is 35.7 Å². The van der Waals surface area contributed by atoms with E-state index in [9.17, 15) is 9.59 Å². The standard InChI is InChI=1S/C14H15Cl2NO3/c15-10-5-2-6-11(16)12(10)17-13(18)8-3-1-4-9(7-8)14(19)20/h2,5-6,8-9H,1,3-4,7H2,(H,17,18)(H,19,20). The van der Waals surface area contributed by atoms with Gasteiger partial charge in [-0.25, -0.2) is 0 Å². The molecule has 2 atom stereocenters. The molecule has 108 valence electrons. The second kappa shape index (κ2) is 6.46. The molecule has 0 aromatic heterocycles. The van der Waals surface area contributed by atoms with Gasteiger partial charge in [0.1, 0.15) is 0 Å². The van der Waals surface area contributed by atoms with Crippen LogP contribution in [0.15, 0.2) is 18.2 Å². The summed E-state index contributed by atoms with van der Waals surface area (Å²) in [5, 5.41) is 12.5. The normalized spacial score (nSPS) is 22.3. The van der Waals surface area contributed by atoms with Crippen molar-refractivity contribution in [2.45, 2.75) is 25.7 Å². The first-order valence-corrected chi connectivity index (χ1v) is 7.22. The predicted molar refractivity (Wildman–Crippen MR) is 78.2 cm³/mol. The number of carboxylic acid groups (broad SMARTS) is 1. The summed E-state index contributed by atoms with van der Waals surface area (Å²) in [6, 6.07) is 4.98. The van der Waals surface area contributed by atoms with Crippen LogP contribution < -0.4 is 5.32 Å². The van der Waals surface area contributed by atoms with Crippen molar-refractivity contribution in [3.8, 4) is 0 Å². The highest BCUT2D eigenvalue weighted by Crippen LogP contribution is 2.33. The van der Waals surface area contributed by atoms with Crippen LogP contribution in [-0.4, -0.2) is 17.0 Å². The van der Waals surface area contributed by atoms with Crippen molar-refractivity contribution in [1.29, 1.82) is 0 Å². The zero-order chi connectivity index (χ0) is 14.7. The first-order valence-electron chi connectivity index (χ1n) is 6.46. The molecule has 2 unspecified atom stereocenters. The number of carboxylic acids is 1. The zero-order valence-electron chi connectivity index (χ0n) is 10.7. The molecule has 0 aliphatic heterocycles. The van der Waals surface area contributed by atoms with Crippen molar-refractivity contribution in [3.05, 3.63) is 28.2 Å². The molecule has 1 saturated carbocycles. The van der Waals surface area contributed by atoms with E-state index in [0.717, 1.165) is 6.42 Å². The van der Waals surface area contributed by atoms with Crippen LogP contribution >= 0.6 is 23.2 Å². The molecule has 1 fully saturated rings. The molecule has 0 spiro atoms. The molecule has 1 amide bonds. The number of benzene rings is 1. The molecule has 2 N–H and O–H groups in total. The lowest BCUT2D eigenvalue weighted by atomic mass is 9.81. The van der Waals surface area contributed by atoms with Crippen LogP contribution in [-0.2, 0) is 9.59 Å². The third-order valence-electron chi connectivity index (χ3n) is 3.61. The number of amides is 1. The fraction of sp³-hybridized carbons (Fsp3) is 0.429. The Morgan fingerprint density at radius 1 is 1.15 bits per heavy atom. The van der Waals surface area contributed by atoms with Gasteiger partial charge in [-0.15, -0.1) is 0 Å². The molecular weight excluding hydrogens is 301 g/mol. The van der Waals surface area contributed by atoms with Crippen molar-refractivity contribution in [2.75, 3.05) is 5.32 Å². The number of aliphatic carboxylic acids is 1. The topological polar surface area (TPSA) is 66.4 Å². The van der Waals surface area contributed by atoms with E-state index in [1.54, 1.807) is 18.2 Å². The van der Waals surface area contributed by atoms with Crippen LogP contribution in [0, 0.1) is 11.8 Å². The average molecular weight is 316 g/mol. The second-order valence-corrected chi connectivity index (χ2v) is 5.80. The third-order valence-corrected chi connectivity index (χ3v) is 4.24. The van der Waals surface area contributed by atoms with E-state index >= 15 is 0 Å². The maximum atomic E-state index is 12.2. The van der Waals surface area contributed by atoms with Gasteiger partial charge in [0.15, 0.2) is 0 Å². The van der Waals surface area contributed by atoms with Gasteiger partial charge < -0.3 is 10.4 Å². The Balaban J connectivity index is 2.06. The Morgan fingerprint density at radius 3 is 2.35 bits per heavy atom. The lowest BCUT2D eigenvalue weighted by Gasteiger charge is -2.26. The first-order chi connectivity index (χ1) is 9.49. The van der Waals surface area contributed by atoms with Crippen LogP contribution in [0.4, 0.5) is 5.69 Å². The molecule has 1 aliphatic carbocycles. The summed E-state index contributed by atoms with van der Waals surface area (Å²) in [5.74, 6) is -1.80. The number of hydrogen-bond acceptors (Lipinski definition) is 2. The highest BCUT2D eigenvalue weighted by molar-refractivity contribution is 6.39. The first kappa shape index (κ1) is 15.1. The van der Waals surface area contributed by atoms with E-state index in [0.29, 0.717) is 35.0 Å². The van der Waals surface area contributed by atoms with Gasteiger partial charge in [-0.2, -0.15) is 0 Å².